The summed E-state index contributed by atoms with van der Waals surface area (Å²) >= 11 is 0. The van der Waals surface area contributed by atoms with E-state index in [0.717, 1.165) is 30.8 Å². The molecule has 4 heteroatoms. The average molecular weight is 223 g/mol. The van der Waals surface area contributed by atoms with Crippen molar-refractivity contribution in [3.8, 4) is 5.75 Å². The molecule has 0 fully saturated rings. The highest BCUT2D eigenvalue weighted by atomic mass is 16.5. The Hall–Kier alpha value is -1.71. The van der Waals surface area contributed by atoms with Crippen molar-refractivity contribution >= 4 is 6.09 Å². The molecular weight excluding hydrogens is 206 g/mol. The lowest BCUT2D eigenvalue weighted by molar-refractivity contribution is 0.150. The molecule has 0 aromatic heterocycles. The van der Waals surface area contributed by atoms with E-state index >= 15 is 0 Å². The van der Waals surface area contributed by atoms with Gasteiger partial charge in [0.05, 0.1) is 6.61 Å². The first-order chi connectivity index (χ1) is 7.72. The number of carbonyl (C=O) groups is 1. The summed E-state index contributed by atoms with van der Waals surface area (Å²) in [4.78, 5) is 10.4. The SMILES string of the molecule is CCCCOc1ccc(COC(N)=O)cc1. The minimum atomic E-state index is -0.761. The van der Waals surface area contributed by atoms with Gasteiger partial charge in [0.2, 0.25) is 0 Å². The lowest BCUT2D eigenvalue weighted by Crippen LogP contribution is -2.12. The molecule has 4 nitrogen and oxygen atoms in total. The predicted octanol–water partition coefficient (Wildman–Crippen LogP) is 2.46. The quantitative estimate of drug-likeness (QED) is 0.753. The van der Waals surface area contributed by atoms with E-state index < -0.39 is 6.09 Å². The van der Waals surface area contributed by atoms with Crippen LogP contribution in [0.1, 0.15) is 25.3 Å². The number of hydrogen-bond acceptors (Lipinski definition) is 3. The number of nitrogens with two attached hydrogens (primary N) is 1. The summed E-state index contributed by atoms with van der Waals surface area (Å²) in [5.41, 5.74) is 5.76. The maximum atomic E-state index is 10.4. The third-order valence-electron chi connectivity index (χ3n) is 2.07. The van der Waals surface area contributed by atoms with Gasteiger partial charge in [-0.25, -0.2) is 4.79 Å². The second-order valence-corrected chi connectivity index (χ2v) is 3.45. The fraction of sp³-hybridized carbons (Fsp3) is 0.417. The van der Waals surface area contributed by atoms with Crippen molar-refractivity contribution in [1.29, 1.82) is 0 Å². The highest BCUT2D eigenvalue weighted by Gasteiger charge is 1.98. The van der Waals surface area contributed by atoms with Crippen LogP contribution in [0.2, 0.25) is 0 Å². The number of primary amides is 1. The summed E-state index contributed by atoms with van der Waals surface area (Å²) in [5, 5.41) is 0. The zero-order valence-corrected chi connectivity index (χ0v) is 9.44. The molecule has 0 aliphatic rings. The van der Waals surface area contributed by atoms with Crippen molar-refractivity contribution in [3.63, 3.8) is 0 Å². The maximum absolute atomic E-state index is 10.4. The van der Waals surface area contributed by atoms with Crippen molar-refractivity contribution in [3.05, 3.63) is 29.8 Å². The van der Waals surface area contributed by atoms with Crippen LogP contribution in [0, 0.1) is 0 Å². The van der Waals surface area contributed by atoms with Crippen LogP contribution in [0.15, 0.2) is 24.3 Å². The lowest BCUT2D eigenvalue weighted by Gasteiger charge is -2.06. The van der Waals surface area contributed by atoms with E-state index in [2.05, 4.69) is 11.7 Å². The topological polar surface area (TPSA) is 61.6 Å². The molecular formula is C12H17NO3. The molecule has 0 atom stereocenters. The van der Waals surface area contributed by atoms with E-state index in [1.807, 2.05) is 24.3 Å². The number of rotatable bonds is 6. The van der Waals surface area contributed by atoms with Crippen LogP contribution in [-0.2, 0) is 11.3 Å². The lowest BCUT2D eigenvalue weighted by atomic mass is 10.2. The van der Waals surface area contributed by atoms with Crippen LogP contribution in [0.4, 0.5) is 4.79 Å². The van der Waals surface area contributed by atoms with Crippen LogP contribution in [0.5, 0.6) is 5.75 Å². The molecule has 1 rings (SSSR count). The van der Waals surface area contributed by atoms with Gasteiger partial charge in [0, 0.05) is 0 Å². The summed E-state index contributed by atoms with van der Waals surface area (Å²) in [6.45, 7) is 3.05. The minimum absolute atomic E-state index is 0.199. The highest BCUT2D eigenvalue weighted by molar-refractivity contribution is 5.64. The van der Waals surface area contributed by atoms with E-state index in [4.69, 9.17) is 10.5 Å². The third-order valence-corrected chi connectivity index (χ3v) is 2.07. The molecule has 0 aliphatic carbocycles. The minimum Gasteiger partial charge on any atom is -0.494 e. The van der Waals surface area contributed by atoms with E-state index in [-0.39, 0.29) is 6.61 Å². The fourth-order valence-corrected chi connectivity index (χ4v) is 1.17. The van der Waals surface area contributed by atoms with Crippen molar-refractivity contribution in [1.82, 2.24) is 0 Å². The van der Waals surface area contributed by atoms with Crippen LogP contribution in [0.3, 0.4) is 0 Å². The molecule has 88 valence electrons. The van der Waals surface area contributed by atoms with Crippen molar-refractivity contribution in [2.24, 2.45) is 5.73 Å². The third kappa shape index (κ3) is 4.68. The first kappa shape index (κ1) is 12.4. The van der Waals surface area contributed by atoms with E-state index in [1.165, 1.54) is 0 Å². The van der Waals surface area contributed by atoms with Crippen LogP contribution in [0.25, 0.3) is 0 Å². The Morgan fingerprint density at radius 3 is 2.56 bits per heavy atom. The molecule has 0 unspecified atom stereocenters. The van der Waals surface area contributed by atoms with Gasteiger partial charge < -0.3 is 15.2 Å². The molecule has 0 radical (unpaired) electrons. The molecule has 1 aromatic rings. The Labute approximate surface area is 95.3 Å². The summed E-state index contributed by atoms with van der Waals surface area (Å²) in [7, 11) is 0. The van der Waals surface area contributed by atoms with Crippen LogP contribution in [-0.4, -0.2) is 12.7 Å². The highest BCUT2D eigenvalue weighted by Crippen LogP contribution is 2.13. The van der Waals surface area contributed by atoms with Gasteiger partial charge in [-0.05, 0) is 24.1 Å². The fourth-order valence-electron chi connectivity index (χ4n) is 1.17. The van der Waals surface area contributed by atoms with Gasteiger partial charge in [0.15, 0.2) is 0 Å². The normalized spacial score (nSPS) is 9.81. The van der Waals surface area contributed by atoms with Crippen LogP contribution < -0.4 is 10.5 Å². The Kier molecular flexibility index (Phi) is 5.19. The smallest absolute Gasteiger partial charge is 0.404 e. The summed E-state index contributed by atoms with van der Waals surface area (Å²) in [6.07, 6.45) is 1.40. The van der Waals surface area contributed by atoms with Crippen molar-refractivity contribution < 1.29 is 14.3 Å². The molecule has 0 bridgehead atoms. The summed E-state index contributed by atoms with van der Waals surface area (Å²) in [5.74, 6) is 0.830. The number of ether oxygens (including phenoxy) is 2. The van der Waals surface area contributed by atoms with Gasteiger partial charge in [-0.1, -0.05) is 25.5 Å². The predicted molar refractivity (Wildman–Crippen MR) is 61.2 cm³/mol. The zero-order valence-electron chi connectivity index (χ0n) is 9.44. The Morgan fingerprint density at radius 2 is 2.00 bits per heavy atom. The number of benzene rings is 1. The Balaban J connectivity index is 2.38. The molecule has 1 amide bonds. The molecule has 0 saturated heterocycles. The molecule has 16 heavy (non-hydrogen) atoms. The number of amides is 1. The number of unbranched alkanes of at least 4 members (excludes halogenated alkanes) is 1. The first-order valence-electron chi connectivity index (χ1n) is 5.36. The van der Waals surface area contributed by atoms with Crippen LogP contribution >= 0.6 is 0 Å². The van der Waals surface area contributed by atoms with Gasteiger partial charge >= 0.3 is 6.09 Å². The monoisotopic (exact) mass is 223 g/mol. The van der Waals surface area contributed by atoms with Crippen molar-refractivity contribution in [2.45, 2.75) is 26.4 Å². The molecule has 1 aromatic carbocycles. The molecule has 0 heterocycles. The summed E-state index contributed by atoms with van der Waals surface area (Å²) < 4.78 is 10.2. The van der Waals surface area contributed by atoms with Gasteiger partial charge in [-0.3, -0.25) is 0 Å². The van der Waals surface area contributed by atoms with Crippen molar-refractivity contribution in [2.75, 3.05) is 6.61 Å². The molecule has 0 spiro atoms. The van der Waals surface area contributed by atoms with Gasteiger partial charge in [-0.2, -0.15) is 0 Å². The first-order valence-corrected chi connectivity index (χ1v) is 5.36. The van der Waals surface area contributed by atoms with E-state index in [9.17, 15) is 4.79 Å². The average Bonchev–Trinajstić information content (AvgIpc) is 2.28. The zero-order chi connectivity index (χ0) is 11.8. The Bertz CT molecular complexity index is 322. The molecule has 0 saturated carbocycles. The Morgan fingerprint density at radius 1 is 1.31 bits per heavy atom. The molecule has 2 N–H and O–H groups in total. The maximum Gasteiger partial charge on any atom is 0.404 e. The molecule has 0 aliphatic heterocycles. The number of carbonyl (C=O) groups excluding carboxylic acids is 1. The second kappa shape index (κ2) is 6.71. The van der Waals surface area contributed by atoms with Gasteiger partial charge in [0.25, 0.3) is 0 Å². The van der Waals surface area contributed by atoms with Gasteiger partial charge in [0.1, 0.15) is 12.4 Å². The number of hydrogen-bond donors (Lipinski definition) is 1. The second-order valence-electron chi connectivity index (χ2n) is 3.45. The van der Waals surface area contributed by atoms with E-state index in [1.54, 1.807) is 0 Å². The van der Waals surface area contributed by atoms with E-state index in [0.29, 0.717) is 0 Å². The standard InChI is InChI=1S/C12H17NO3/c1-2-3-8-15-11-6-4-10(5-7-11)9-16-12(13)14/h4-7H,2-3,8-9H2,1H3,(H2,13,14). The largest absolute Gasteiger partial charge is 0.494 e. The van der Waals surface area contributed by atoms with Gasteiger partial charge in [-0.15, -0.1) is 0 Å². The summed E-state index contributed by atoms with van der Waals surface area (Å²) in [6, 6.07) is 7.42.